The minimum atomic E-state index is 0.0913. The SMILES string of the molecule is CCC(N)C(c1ccc(Cl)s1)N1CCN(C(C)=O)CC1. The van der Waals surface area contributed by atoms with Gasteiger partial charge in [-0.25, -0.2) is 0 Å². The van der Waals surface area contributed by atoms with E-state index in [1.807, 2.05) is 11.0 Å². The van der Waals surface area contributed by atoms with Crippen LogP contribution in [0.15, 0.2) is 12.1 Å². The molecule has 112 valence electrons. The molecular formula is C14H22ClN3OS. The Kier molecular flexibility index (Phi) is 5.43. The van der Waals surface area contributed by atoms with E-state index < -0.39 is 0 Å². The van der Waals surface area contributed by atoms with Crippen LogP contribution in [-0.2, 0) is 4.79 Å². The van der Waals surface area contributed by atoms with Gasteiger partial charge in [0.05, 0.1) is 10.4 Å². The molecule has 1 amide bonds. The molecule has 0 saturated carbocycles. The second kappa shape index (κ2) is 6.89. The van der Waals surface area contributed by atoms with Crippen LogP contribution in [0.2, 0.25) is 4.34 Å². The van der Waals surface area contributed by atoms with Gasteiger partial charge >= 0.3 is 0 Å². The van der Waals surface area contributed by atoms with E-state index in [1.165, 1.54) is 4.88 Å². The second-order valence-electron chi connectivity index (χ2n) is 5.20. The quantitative estimate of drug-likeness (QED) is 0.928. The van der Waals surface area contributed by atoms with Crippen molar-refractivity contribution in [2.24, 2.45) is 5.73 Å². The van der Waals surface area contributed by atoms with Crippen LogP contribution in [0.3, 0.4) is 0 Å². The lowest BCUT2D eigenvalue weighted by Crippen LogP contribution is -2.52. The number of amides is 1. The Bertz CT molecular complexity index is 457. The van der Waals surface area contributed by atoms with E-state index in [0.29, 0.717) is 0 Å². The second-order valence-corrected chi connectivity index (χ2v) is 6.95. The predicted octanol–water partition coefficient (Wildman–Crippen LogP) is 2.34. The molecule has 2 atom stereocenters. The fourth-order valence-electron chi connectivity index (χ4n) is 2.69. The molecule has 20 heavy (non-hydrogen) atoms. The largest absolute Gasteiger partial charge is 0.340 e. The molecule has 0 aromatic carbocycles. The van der Waals surface area contributed by atoms with Crippen LogP contribution in [0, 0.1) is 0 Å². The van der Waals surface area contributed by atoms with Crippen molar-refractivity contribution in [3.63, 3.8) is 0 Å². The minimum absolute atomic E-state index is 0.0913. The Balaban J connectivity index is 2.11. The Hall–Kier alpha value is -0.620. The molecule has 2 heterocycles. The van der Waals surface area contributed by atoms with Crippen LogP contribution in [0.4, 0.5) is 0 Å². The van der Waals surface area contributed by atoms with E-state index in [-0.39, 0.29) is 18.0 Å². The van der Waals surface area contributed by atoms with Gasteiger partial charge in [-0.15, -0.1) is 11.3 Å². The molecule has 2 unspecified atom stereocenters. The van der Waals surface area contributed by atoms with Gasteiger partial charge in [0, 0.05) is 44.0 Å². The maximum Gasteiger partial charge on any atom is 0.219 e. The van der Waals surface area contributed by atoms with Crippen molar-refractivity contribution < 1.29 is 4.79 Å². The zero-order chi connectivity index (χ0) is 14.7. The number of thiophene rings is 1. The zero-order valence-electron chi connectivity index (χ0n) is 12.0. The molecule has 1 aromatic rings. The fourth-order valence-corrected chi connectivity index (χ4v) is 3.96. The summed E-state index contributed by atoms with van der Waals surface area (Å²) in [4.78, 5) is 16.9. The molecule has 0 spiro atoms. The van der Waals surface area contributed by atoms with Gasteiger partial charge in [-0.3, -0.25) is 9.69 Å². The van der Waals surface area contributed by atoms with Gasteiger partial charge in [0.15, 0.2) is 0 Å². The lowest BCUT2D eigenvalue weighted by Gasteiger charge is -2.40. The van der Waals surface area contributed by atoms with E-state index in [2.05, 4.69) is 17.9 Å². The fraction of sp³-hybridized carbons (Fsp3) is 0.643. The molecule has 0 aliphatic carbocycles. The molecule has 0 bridgehead atoms. The number of carbonyl (C=O) groups excluding carboxylic acids is 1. The molecule has 2 rings (SSSR count). The number of nitrogens with zero attached hydrogens (tertiary/aromatic N) is 2. The van der Waals surface area contributed by atoms with E-state index in [9.17, 15) is 4.79 Å². The Morgan fingerprint density at radius 1 is 1.40 bits per heavy atom. The molecule has 6 heteroatoms. The van der Waals surface area contributed by atoms with Crippen molar-refractivity contribution in [2.45, 2.75) is 32.4 Å². The third kappa shape index (κ3) is 3.52. The van der Waals surface area contributed by atoms with Crippen molar-refractivity contribution in [1.29, 1.82) is 0 Å². The average Bonchev–Trinajstić information content (AvgIpc) is 2.85. The Labute approximate surface area is 129 Å². The lowest BCUT2D eigenvalue weighted by molar-refractivity contribution is -0.130. The first kappa shape index (κ1) is 15.8. The lowest BCUT2D eigenvalue weighted by atomic mass is 10.0. The highest BCUT2D eigenvalue weighted by Gasteiger charge is 2.30. The summed E-state index contributed by atoms with van der Waals surface area (Å²) in [6.45, 7) is 7.03. The van der Waals surface area contributed by atoms with Crippen LogP contribution in [-0.4, -0.2) is 47.9 Å². The molecule has 1 saturated heterocycles. The van der Waals surface area contributed by atoms with Gasteiger partial charge in [-0.2, -0.15) is 0 Å². The van der Waals surface area contributed by atoms with Crippen molar-refractivity contribution >= 4 is 28.8 Å². The van der Waals surface area contributed by atoms with Gasteiger partial charge in [-0.1, -0.05) is 18.5 Å². The third-order valence-electron chi connectivity index (χ3n) is 3.92. The van der Waals surface area contributed by atoms with E-state index >= 15 is 0 Å². The topological polar surface area (TPSA) is 49.6 Å². The summed E-state index contributed by atoms with van der Waals surface area (Å²) < 4.78 is 0.802. The maximum absolute atomic E-state index is 11.4. The van der Waals surface area contributed by atoms with Crippen LogP contribution < -0.4 is 5.73 Å². The first-order chi connectivity index (χ1) is 9.52. The maximum atomic E-state index is 11.4. The number of hydrogen-bond donors (Lipinski definition) is 1. The van der Waals surface area contributed by atoms with E-state index in [0.717, 1.165) is 36.9 Å². The molecule has 4 nitrogen and oxygen atoms in total. The zero-order valence-corrected chi connectivity index (χ0v) is 13.6. The first-order valence-electron chi connectivity index (χ1n) is 7.03. The number of carbonyl (C=O) groups is 1. The predicted molar refractivity (Wildman–Crippen MR) is 84.2 cm³/mol. The Morgan fingerprint density at radius 2 is 2.05 bits per heavy atom. The van der Waals surface area contributed by atoms with Crippen LogP contribution in [0.5, 0.6) is 0 Å². The minimum Gasteiger partial charge on any atom is -0.340 e. The van der Waals surface area contributed by atoms with Gasteiger partial charge < -0.3 is 10.6 Å². The molecule has 1 aliphatic heterocycles. The number of nitrogens with two attached hydrogens (primary N) is 1. The number of hydrogen-bond acceptors (Lipinski definition) is 4. The highest BCUT2D eigenvalue weighted by atomic mass is 35.5. The third-order valence-corrected chi connectivity index (χ3v) is 5.22. The summed E-state index contributed by atoms with van der Waals surface area (Å²) in [7, 11) is 0. The van der Waals surface area contributed by atoms with Crippen LogP contribution in [0.25, 0.3) is 0 Å². The van der Waals surface area contributed by atoms with E-state index in [1.54, 1.807) is 18.3 Å². The molecule has 1 aromatic heterocycles. The summed E-state index contributed by atoms with van der Waals surface area (Å²) in [5, 5.41) is 0. The summed E-state index contributed by atoms with van der Waals surface area (Å²) in [5.41, 5.74) is 6.33. The van der Waals surface area contributed by atoms with Crippen molar-refractivity contribution in [3.05, 3.63) is 21.3 Å². The highest BCUT2D eigenvalue weighted by molar-refractivity contribution is 7.16. The number of piperazine rings is 1. The van der Waals surface area contributed by atoms with Crippen molar-refractivity contribution in [3.8, 4) is 0 Å². The summed E-state index contributed by atoms with van der Waals surface area (Å²) in [6, 6.07) is 4.30. The molecular weight excluding hydrogens is 294 g/mol. The average molecular weight is 316 g/mol. The normalized spacial score (nSPS) is 19.9. The van der Waals surface area contributed by atoms with E-state index in [4.69, 9.17) is 17.3 Å². The van der Waals surface area contributed by atoms with Crippen LogP contribution >= 0.6 is 22.9 Å². The first-order valence-corrected chi connectivity index (χ1v) is 8.22. The molecule has 2 N–H and O–H groups in total. The molecule has 0 radical (unpaired) electrons. The standard InChI is InChI=1S/C14H22ClN3OS/c1-3-11(16)14(12-4-5-13(15)20-12)18-8-6-17(7-9-18)10(2)19/h4-5,11,14H,3,6-9,16H2,1-2H3. The van der Waals surface area contributed by atoms with Crippen LogP contribution in [0.1, 0.15) is 31.2 Å². The van der Waals surface area contributed by atoms with Gasteiger partial charge in [0.25, 0.3) is 0 Å². The summed E-state index contributed by atoms with van der Waals surface area (Å²) in [5.74, 6) is 0.153. The molecule has 1 aliphatic rings. The van der Waals surface area contributed by atoms with Gasteiger partial charge in [0.1, 0.15) is 0 Å². The van der Waals surface area contributed by atoms with Gasteiger partial charge in [-0.05, 0) is 18.6 Å². The number of rotatable bonds is 4. The highest BCUT2D eigenvalue weighted by Crippen LogP contribution is 2.33. The van der Waals surface area contributed by atoms with Crippen molar-refractivity contribution in [2.75, 3.05) is 26.2 Å². The summed E-state index contributed by atoms with van der Waals surface area (Å²) >= 11 is 7.67. The molecule has 1 fully saturated rings. The monoisotopic (exact) mass is 315 g/mol. The number of halogens is 1. The summed E-state index contributed by atoms with van der Waals surface area (Å²) in [6.07, 6.45) is 0.924. The Morgan fingerprint density at radius 3 is 2.50 bits per heavy atom. The van der Waals surface area contributed by atoms with Crippen molar-refractivity contribution in [1.82, 2.24) is 9.80 Å². The smallest absolute Gasteiger partial charge is 0.219 e. The van der Waals surface area contributed by atoms with Gasteiger partial charge in [0.2, 0.25) is 5.91 Å².